The van der Waals surface area contributed by atoms with Crippen LogP contribution in [0.4, 0.5) is 0 Å². The highest BCUT2D eigenvalue weighted by atomic mass is 32.2. The SMILES string of the molecule is Cc1ccc(CN(C)C(=O)C2(O)CCSCC2)s1. The molecule has 100 valence electrons. The smallest absolute Gasteiger partial charge is 0.254 e. The second-order valence-corrected chi connectivity index (χ2v) is 7.41. The molecule has 0 bridgehead atoms. The number of aliphatic hydroxyl groups is 1. The lowest BCUT2D eigenvalue weighted by atomic mass is 9.95. The van der Waals surface area contributed by atoms with E-state index in [1.165, 1.54) is 4.88 Å². The number of thiophene rings is 1. The average molecular weight is 285 g/mol. The number of carbonyl (C=O) groups is 1. The average Bonchev–Trinajstić information content (AvgIpc) is 2.74. The normalized spacial score (nSPS) is 18.6. The van der Waals surface area contributed by atoms with E-state index in [0.29, 0.717) is 19.4 Å². The first-order chi connectivity index (χ1) is 8.51. The van der Waals surface area contributed by atoms with Crippen LogP contribution in [-0.4, -0.2) is 40.1 Å². The van der Waals surface area contributed by atoms with Gasteiger partial charge in [0.1, 0.15) is 5.60 Å². The van der Waals surface area contributed by atoms with E-state index < -0.39 is 5.60 Å². The Kier molecular flexibility index (Phi) is 4.35. The van der Waals surface area contributed by atoms with Crippen molar-refractivity contribution in [1.29, 1.82) is 0 Å². The molecule has 1 saturated heterocycles. The van der Waals surface area contributed by atoms with E-state index in [9.17, 15) is 9.90 Å². The Morgan fingerprint density at radius 3 is 2.67 bits per heavy atom. The molecule has 5 heteroatoms. The number of nitrogens with zero attached hydrogens (tertiary/aromatic N) is 1. The third kappa shape index (κ3) is 3.08. The maximum atomic E-state index is 12.3. The molecule has 2 rings (SSSR count). The molecular weight excluding hydrogens is 266 g/mol. The molecule has 3 nitrogen and oxygen atoms in total. The van der Waals surface area contributed by atoms with Gasteiger partial charge in [0.25, 0.3) is 5.91 Å². The molecule has 18 heavy (non-hydrogen) atoms. The van der Waals surface area contributed by atoms with Gasteiger partial charge in [0.2, 0.25) is 0 Å². The van der Waals surface area contributed by atoms with Crippen LogP contribution in [0.1, 0.15) is 22.6 Å². The first-order valence-electron chi connectivity index (χ1n) is 6.12. The third-order valence-corrected chi connectivity index (χ3v) is 5.22. The minimum Gasteiger partial charge on any atom is -0.380 e. The van der Waals surface area contributed by atoms with E-state index in [-0.39, 0.29) is 5.91 Å². The van der Waals surface area contributed by atoms with Crippen molar-refractivity contribution in [3.8, 4) is 0 Å². The largest absolute Gasteiger partial charge is 0.380 e. The first-order valence-corrected chi connectivity index (χ1v) is 8.09. The van der Waals surface area contributed by atoms with Gasteiger partial charge in [0.05, 0.1) is 6.54 Å². The molecule has 1 aromatic rings. The van der Waals surface area contributed by atoms with Crippen LogP contribution in [0.5, 0.6) is 0 Å². The van der Waals surface area contributed by atoms with Crippen LogP contribution in [0.3, 0.4) is 0 Å². The molecule has 1 amide bonds. The third-order valence-electron chi connectivity index (χ3n) is 3.25. The van der Waals surface area contributed by atoms with Gasteiger partial charge in [-0.1, -0.05) is 0 Å². The van der Waals surface area contributed by atoms with Crippen molar-refractivity contribution in [1.82, 2.24) is 4.90 Å². The molecule has 0 saturated carbocycles. The molecule has 1 aliphatic rings. The Morgan fingerprint density at radius 2 is 2.11 bits per heavy atom. The Hall–Kier alpha value is -0.520. The quantitative estimate of drug-likeness (QED) is 0.926. The van der Waals surface area contributed by atoms with Crippen LogP contribution < -0.4 is 0 Å². The van der Waals surface area contributed by atoms with E-state index in [1.807, 2.05) is 6.07 Å². The molecule has 0 aromatic carbocycles. The number of rotatable bonds is 3. The van der Waals surface area contributed by atoms with Gasteiger partial charge < -0.3 is 10.0 Å². The first kappa shape index (κ1) is 13.9. The van der Waals surface area contributed by atoms with Gasteiger partial charge in [0, 0.05) is 16.8 Å². The van der Waals surface area contributed by atoms with Crippen molar-refractivity contribution in [3.05, 3.63) is 21.9 Å². The number of likely N-dealkylation sites (N-methyl/N-ethyl adjacent to an activating group) is 1. The minimum absolute atomic E-state index is 0.131. The summed E-state index contributed by atoms with van der Waals surface area (Å²) in [5.74, 6) is 1.61. The van der Waals surface area contributed by atoms with Gasteiger partial charge in [-0.05, 0) is 43.4 Å². The number of hydrogen-bond donors (Lipinski definition) is 1. The van der Waals surface area contributed by atoms with Crippen molar-refractivity contribution in [2.75, 3.05) is 18.6 Å². The molecule has 1 aliphatic heterocycles. The number of hydrogen-bond acceptors (Lipinski definition) is 4. The van der Waals surface area contributed by atoms with Crippen LogP contribution in [0.25, 0.3) is 0 Å². The molecule has 2 heterocycles. The summed E-state index contributed by atoms with van der Waals surface area (Å²) in [7, 11) is 1.77. The summed E-state index contributed by atoms with van der Waals surface area (Å²) in [5, 5.41) is 10.4. The van der Waals surface area contributed by atoms with E-state index >= 15 is 0 Å². The fourth-order valence-electron chi connectivity index (χ4n) is 2.15. The molecule has 0 radical (unpaired) electrons. The summed E-state index contributed by atoms with van der Waals surface area (Å²) in [5.41, 5.74) is -1.13. The summed E-state index contributed by atoms with van der Waals surface area (Å²) in [4.78, 5) is 16.4. The number of carbonyl (C=O) groups excluding carboxylic acids is 1. The maximum absolute atomic E-state index is 12.3. The fourth-order valence-corrected chi connectivity index (χ4v) is 4.27. The zero-order chi connectivity index (χ0) is 13.2. The van der Waals surface area contributed by atoms with Crippen LogP contribution in [0.15, 0.2) is 12.1 Å². The van der Waals surface area contributed by atoms with Gasteiger partial charge >= 0.3 is 0 Å². The molecule has 1 fully saturated rings. The van der Waals surface area contributed by atoms with Crippen LogP contribution in [0, 0.1) is 6.92 Å². The lowest BCUT2D eigenvalue weighted by molar-refractivity contribution is -0.151. The zero-order valence-electron chi connectivity index (χ0n) is 10.8. The Morgan fingerprint density at radius 1 is 1.44 bits per heavy atom. The van der Waals surface area contributed by atoms with Gasteiger partial charge in [-0.15, -0.1) is 11.3 Å². The summed E-state index contributed by atoms with van der Waals surface area (Å²) in [6.45, 7) is 2.65. The Balaban J connectivity index is 1.99. The predicted octanol–water partition coefficient (Wildman–Crippen LogP) is 2.27. The molecular formula is C13H19NO2S2. The molecule has 0 aliphatic carbocycles. The van der Waals surface area contributed by atoms with Crippen LogP contribution in [-0.2, 0) is 11.3 Å². The van der Waals surface area contributed by atoms with Gasteiger partial charge in [-0.2, -0.15) is 11.8 Å². The highest BCUT2D eigenvalue weighted by Crippen LogP contribution is 2.29. The van der Waals surface area contributed by atoms with Crippen molar-refractivity contribution in [2.45, 2.75) is 31.9 Å². The topological polar surface area (TPSA) is 40.5 Å². The van der Waals surface area contributed by atoms with Gasteiger partial charge in [-0.3, -0.25) is 4.79 Å². The van der Waals surface area contributed by atoms with Gasteiger partial charge in [-0.25, -0.2) is 0 Å². The highest BCUT2D eigenvalue weighted by molar-refractivity contribution is 7.99. The molecule has 0 atom stereocenters. The second-order valence-electron chi connectivity index (χ2n) is 4.82. The van der Waals surface area contributed by atoms with Crippen molar-refractivity contribution < 1.29 is 9.90 Å². The second kappa shape index (κ2) is 5.63. The molecule has 1 aromatic heterocycles. The molecule has 1 N–H and O–H groups in total. The van der Waals surface area contributed by atoms with Crippen molar-refractivity contribution in [2.24, 2.45) is 0 Å². The monoisotopic (exact) mass is 285 g/mol. The number of thioether (sulfide) groups is 1. The van der Waals surface area contributed by atoms with Crippen LogP contribution >= 0.6 is 23.1 Å². The lowest BCUT2D eigenvalue weighted by Crippen LogP contribution is -2.49. The van der Waals surface area contributed by atoms with E-state index in [2.05, 4.69) is 13.0 Å². The van der Waals surface area contributed by atoms with E-state index in [1.54, 1.807) is 35.0 Å². The molecule has 0 spiro atoms. The predicted molar refractivity (Wildman–Crippen MR) is 77.0 cm³/mol. The van der Waals surface area contributed by atoms with Crippen LogP contribution in [0.2, 0.25) is 0 Å². The Bertz CT molecular complexity index is 424. The van der Waals surface area contributed by atoms with Crippen molar-refractivity contribution >= 4 is 29.0 Å². The summed E-state index contributed by atoms with van der Waals surface area (Å²) in [6, 6.07) is 4.11. The summed E-state index contributed by atoms with van der Waals surface area (Å²) in [6.07, 6.45) is 1.15. The maximum Gasteiger partial charge on any atom is 0.254 e. The van der Waals surface area contributed by atoms with Crippen molar-refractivity contribution in [3.63, 3.8) is 0 Å². The minimum atomic E-state index is -1.13. The van der Waals surface area contributed by atoms with E-state index in [0.717, 1.165) is 16.4 Å². The number of aryl methyl sites for hydroxylation is 1. The molecule has 0 unspecified atom stereocenters. The lowest BCUT2D eigenvalue weighted by Gasteiger charge is -2.33. The fraction of sp³-hybridized carbons (Fsp3) is 0.615. The standard InChI is InChI=1S/C13H19NO2S2/c1-10-3-4-11(18-10)9-14(2)12(15)13(16)5-7-17-8-6-13/h3-4,16H,5-9H2,1-2H3. The zero-order valence-corrected chi connectivity index (χ0v) is 12.4. The summed E-state index contributed by atoms with van der Waals surface area (Å²) < 4.78 is 0. The number of amides is 1. The Labute approximate surface area is 116 Å². The van der Waals surface area contributed by atoms with Gasteiger partial charge in [0.15, 0.2) is 0 Å². The van der Waals surface area contributed by atoms with E-state index in [4.69, 9.17) is 0 Å². The highest BCUT2D eigenvalue weighted by Gasteiger charge is 2.39. The summed E-state index contributed by atoms with van der Waals surface area (Å²) >= 11 is 3.50.